The van der Waals surface area contributed by atoms with Crippen LogP contribution in [0.15, 0.2) is 72.8 Å². The quantitative estimate of drug-likeness (QED) is 0.237. The molecule has 0 aromatic heterocycles. The van der Waals surface area contributed by atoms with Crippen molar-refractivity contribution in [2.45, 2.75) is 54.3 Å². The number of aliphatic hydroxyl groups excluding tert-OH is 1. The molecule has 4 unspecified atom stereocenters. The van der Waals surface area contributed by atoms with Crippen molar-refractivity contribution in [3.63, 3.8) is 0 Å². The largest absolute Gasteiger partial charge is 0.392 e. The van der Waals surface area contributed by atoms with Crippen molar-refractivity contribution in [2.75, 3.05) is 25.0 Å². The van der Waals surface area contributed by atoms with Gasteiger partial charge in [-0.25, -0.2) is 0 Å². The van der Waals surface area contributed by atoms with E-state index in [0.29, 0.717) is 48.7 Å². The van der Waals surface area contributed by atoms with Crippen molar-refractivity contribution in [3.05, 3.63) is 100 Å². The van der Waals surface area contributed by atoms with Crippen LogP contribution < -0.4 is 5.32 Å². The third kappa shape index (κ3) is 7.85. The molecule has 230 valence electrons. The number of likely N-dealkylation sites (tertiary alicyclic amines) is 1. The number of carbonyl (C=O) groups is 1. The summed E-state index contributed by atoms with van der Waals surface area (Å²) in [6, 6.07) is 22.2. The lowest BCUT2D eigenvalue weighted by Gasteiger charge is -2.45. The van der Waals surface area contributed by atoms with Gasteiger partial charge < -0.3 is 29.9 Å². The number of piperidine rings is 1. The van der Waals surface area contributed by atoms with Crippen LogP contribution in [-0.2, 0) is 26.5 Å². The van der Waals surface area contributed by atoms with Crippen LogP contribution in [-0.4, -0.2) is 50.6 Å². The maximum atomic E-state index is 12.3. The predicted molar refractivity (Wildman–Crippen MR) is 169 cm³/mol. The van der Waals surface area contributed by atoms with Gasteiger partial charge in [-0.1, -0.05) is 102 Å². The molecular weight excluding hydrogens is 634 g/mol. The molecule has 3 N–H and O–H groups in total. The van der Waals surface area contributed by atoms with E-state index in [9.17, 15) is 15.0 Å². The lowest BCUT2D eigenvalue weighted by molar-refractivity contribution is -0.277. The smallest absolute Gasteiger partial charge is 0.276 e. The monoisotopic (exact) mass is 666 g/mol. The summed E-state index contributed by atoms with van der Waals surface area (Å²) in [6.45, 7) is 4.11. The number of halogens is 4. The summed E-state index contributed by atoms with van der Waals surface area (Å²) >= 11 is 23.3. The Bertz CT molecular complexity index is 1390. The topological polar surface area (TPSA) is 91.3 Å². The van der Waals surface area contributed by atoms with Gasteiger partial charge in [0, 0.05) is 41.8 Å². The number of ether oxygens (including phenoxy) is 2. The molecule has 0 spiro atoms. The summed E-state index contributed by atoms with van der Waals surface area (Å²) in [4.78, 5) is 14.6. The maximum absolute atomic E-state index is 12.3. The Morgan fingerprint density at radius 3 is 2.30 bits per heavy atom. The van der Waals surface area contributed by atoms with Crippen LogP contribution in [0, 0.1) is 5.92 Å². The molecule has 43 heavy (non-hydrogen) atoms. The van der Waals surface area contributed by atoms with Gasteiger partial charge in [-0.2, -0.15) is 0 Å². The fraction of sp³-hybridized carbons (Fsp3) is 0.406. The van der Waals surface area contributed by atoms with Crippen molar-refractivity contribution in [3.8, 4) is 0 Å². The number of nitrogens with zero attached hydrogens (tertiary/aromatic N) is 1. The SMILES string of the molecule is CC1C(CN2CCC(O)(c3ccc(Cl)cc3)CC2)OC(c2cccc(NC(=O)C(Cl)(Cl)Cl)c2)OC1c1ccc(CO)cc1. The Balaban J connectivity index is 1.35. The molecule has 2 heterocycles. The first-order valence-corrected chi connectivity index (χ1v) is 15.7. The number of benzene rings is 3. The van der Waals surface area contributed by atoms with Gasteiger partial charge in [0.15, 0.2) is 6.29 Å². The highest BCUT2D eigenvalue weighted by Gasteiger charge is 2.41. The maximum Gasteiger partial charge on any atom is 0.276 e. The molecule has 0 bridgehead atoms. The number of hydrogen-bond donors (Lipinski definition) is 3. The molecule has 4 atom stereocenters. The minimum absolute atomic E-state index is 0.0134. The van der Waals surface area contributed by atoms with Gasteiger partial charge in [-0.05, 0) is 53.8 Å². The summed E-state index contributed by atoms with van der Waals surface area (Å²) in [5.41, 5.74) is 2.90. The second kappa shape index (κ2) is 13.6. The van der Waals surface area contributed by atoms with E-state index < -0.39 is 21.6 Å². The van der Waals surface area contributed by atoms with E-state index in [0.717, 1.165) is 16.7 Å². The number of carbonyl (C=O) groups excluding carboxylic acids is 1. The second-order valence-corrected chi connectivity index (χ2v) is 14.0. The van der Waals surface area contributed by atoms with Crippen LogP contribution in [0.5, 0.6) is 0 Å². The fourth-order valence-corrected chi connectivity index (χ4v) is 5.97. The van der Waals surface area contributed by atoms with E-state index in [-0.39, 0.29) is 24.7 Å². The Morgan fingerprint density at radius 1 is 1.00 bits per heavy atom. The third-order valence-electron chi connectivity index (χ3n) is 8.30. The first kappa shape index (κ1) is 32.5. The molecule has 2 aliphatic heterocycles. The highest BCUT2D eigenvalue weighted by Crippen LogP contribution is 2.43. The van der Waals surface area contributed by atoms with Crippen LogP contribution in [0.3, 0.4) is 0 Å². The third-order valence-corrected chi connectivity index (χ3v) is 9.07. The van der Waals surface area contributed by atoms with Crippen LogP contribution in [0.2, 0.25) is 5.02 Å². The molecule has 3 aromatic carbocycles. The number of amides is 1. The van der Waals surface area contributed by atoms with E-state index in [1.807, 2.05) is 54.6 Å². The minimum Gasteiger partial charge on any atom is -0.392 e. The molecule has 2 saturated heterocycles. The van der Waals surface area contributed by atoms with Crippen LogP contribution in [0.4, 0.5) is 5.69 Å². The molecule has 0 saturated carbocycles. The standard InChI is InChI=1S/C32H34Cl4N2O5/c1-20-27(18-38-15-13-31(41,14-16-38)24-9-11-25(33)12-10-24)42-29(43-28(20)22-7-5-21(19-39)6-8-22)23-3-2-4-26(17-23)37-30(40)32(34,35)36/h2-12,17,20,27-29,39,41H,13-16,18-19H2,1H3,(H,37,40). The van der Waals surface area contributed by atoms with E-state index >= 15 is 0 Å². The number of anilines is 1. The highest BCUT2D eigenvalue weighted by molar-refractivity contribution is 6.76. The van der Waals surface area contributed by atoms with Gasteiger partial charge >= 0.3 is 0 Å². The van der Waals surface area contributed by atoms with Gasteiger partial charge in [0.1, 0.15) is 0 Å². The molecule has 3 aromatic rings. The second-order valence-electron chi connectivity index (χ2n) is 11.2. The van der Waals surface area contributed by atoms with Gasteiger partial charge in [-0.15, -0.1) is 0 Å². The van der Waals surface area contributed by atoms with Crippen molar-refractivity contribution in [1.29, 1.82) is 0 Å². The first-order valence-electron chi connectivity index (χ1n) is 14.1. The zero-order chi connectivity index (χ0) is 30.8. The van der Waals surface area contributed by atoms with Crippen molar-refractivity contribution < 1.29 is 24.5 Å². The average Bonchev–Trinajstić information content (AvgIpc) is 2.99. The summed E-state index contributed by atoms with van der Waals surface area (Å²) < 4.78 is 11.0. The minimum atomic E-state index is -2.10. The van der Waals surface area contributed by atoms with Crippen LogP contribution in [0.1, 0.15) is 54.4 Å². The molecule has 11 heteroatoms. The van der Waals surface area contributed by atoms with Crippen molar-refractivity contribution in [1.82, 2.24) is 4.90 Å². The molecule has 0 aliphatic carbocycles. The molecular formula is C32H34Cl4N2O5. The zero-order valence-corrected chi connectivity index (χ0v) is 26.6. The Kier molecular flexibility index (Phi) is 10.3. The van der Waals surface area contributed by atoms with E-state index in [1.54, 1.807) is 18.2 Å². The van der Waals surface area contributed by atoms with E-state index in [1.165, 1.54) is 0 Å². The molecule has 5 rings (SSSR count). The highest BCUT2D eigenvalue weighted by atomic mass is 35.6. The van der Waals surface area contributed by atoms with Gasteiger partial charge in [0.05, 0.1) is 24.4 Å². The number of hydrogen-bond acceptors (Lipinski definition) is 6. The lowest BCUT2D eigenvalue weighted by atomic mass is 9.84. The number of rotatable bonds is 7. The summed E-state index contributed by atoms with van der Waals surface area (Å²) in [5.74, 6) is -0.780. The van der Waals surface area contributed by atoms with Gasteiger partial charge in [-0.3, -0.25) is 4.79 Å². The fourth-order valence-electron chi connectivity index (χ4n) is 5.70. The molecule has 2 aliphatic rings. The van der Waals surface area contributed by atoms with Crippen molar-refractivity contribution >= 4 is 58.0 Å². The van der Waals surface area contributed by atoms with Crippen LogP contribution >= 0.6 is 46.4 Å². The summed E-state index contributed by atoms with van der Waals surface area (Å²) in [5, 5.41) is 24.2. The van der Waals surface area contributed by atoms with E-state index in [2.05, 4.69) is 17.1 Å². The summed E-state index contributed by atoms with van der Waals surface area (Å²) in [7, 11) is 0. The average molecular weight is 668 g/mol. The number of nitrogens with one attached hydrogen (secondary N) is 1. The molecule has 0 radical (unpaired) electrons. The van der Waals surface area contributed by atoms with Crippen molar-refractivity contribution in [2.24, 2.45) is 5.92 Å². The van der Waals surface area contributed by atoms with Gasteiger partial charge in [0.2, 0.25) is 0 Å². The van der Waals surface area contributed by atoms with Gasteiger partial charge in [0.25, 0.3) is 9.70 Å². The summed E-state index contributed by atoms with van der Waals surface area (Å²) in [6.07, 6.45) is -0.0579. The molecule has 2 fully saturated rings. The van der Waals surface area contributed by atoms with E-state index in [4.69, 9.17) is 55.9 Å². The zero-order valence-electron chi connectivity index (χ0n) is 23.6. The molecule has 7 nitrogen and oxygen atoms in total. The lowest BCUT2D eigenvalue weighted by Crippen LogP contribution is -2.49. The number of alkyl halides is 3. The first-order chi connectivity index (χ1) is 20.4. The number of aliphatic hydroxyl groups is 2. The van der Waals surface area contributed by atoms with Crippen LogP contribution in [0.25, 0.3) is 0 Å². The predicted octanol–water partition coefficient (Wildman–Crippen LogP) is 6.92. The molecule has 1 amide bonds. The Morgan fingerprint density at radius 2 is 1.67 bits per heavy atom. The Hall–Kier alpha value is -1.91. The normalized spacial score (nSPS) is 24.4. The Labute approximate surface area is 271 Å².